The van der Waals surface area contributed by atoms with E-state index in [2.05, 4.69) is 39.7 Å². The van der Waals surface area contributed by atoms with Gasteiger partial charge in [-0.05, 0) is 31.0 Å². The molecule has 2 aromatic rings. The second kappa shape index (κ2) is 10.8. The van der Waals surface area contributed by atoms with Crippen molar-refractivity contribution in [2.45, 2.75) is 39.5 Å². The van der Waals surface area contributed by atoms with Crippen molar-refractivity contribution in [1.29, 1.82) is 5.26 Å². The number of anilines is 3. The van der Waals surface area contributed by atoms with Crippen molar-refractivity contribution < 1.29 is 4.74 Å². The van der Waals surface area contributed by atoms with Gasteiger partial charge in [0.25, 0.3) is 0 Å². The predicted molar refractivity (Wildman–Crippen MR) is 122 cm³/mol. The van der Waals surface area contributed by atoms with E-state index in [1.54, 1.807) is 0 Å². The molecule has 0 saturated carbocycles. The molecule has 0 bridgehead atoms. The first-order chi connectivity index (χ1) is 14.7. The predicted octanol–water partition coefficient (Wildman–Crippen LogP) is 3.84. The van der Waals surface area contributed by atoms with E-state index in [-0.39, 0.29) is 5.82 Å². The quantitative estimate of drug-likeness (QED) is 0.674. The van der Waals surface area contributed by atoms with Crippen LogP contribution in [0.2, 0.25) is 0 Å². The second-order valence-electron chi connectivity index (χ2n) is 7.60. The normalized spacial score (nSPS) is 13.8. The van der Waals surface area contributed by atoms with E-state index in [0.29, 0.717) is 5.56 Å². The third-order valence-electron chi connectivity index (χ3n) is 5.42. The zero-order valence-electron chi connectivity index (χ0n) is 18.1. The van der Waals surface area contributed by atoms with Crippen LogP contribution in [0.1, 0.15) is 45.1 Å². The van der Waals surface area contributed by atoms with Gasteiger partial charge in [-0.1, -0.05) is 26.7 Å². The molecular formula is C23H32N6O. The Balaban J connectivity index is 1.92. The van der Waals surface area contributed by atoms with Crippen LogP contribution >= 0.6 is 0 Å². The molecule has 3 heterocycles. The number of nitrogens with two attached hydrogens (primary N) is 1. The third-order valence-corrected chi connectivity index (χ3v) is 5.42. The van der Waals surface area contributed by atoms with Crippen LogP contribution in [0.25, 0.3) is 11.3 Å². The molecule has 2 aromatic heterocycles. The fraction of sp³-hybridized carbons (Fsp3) is 0.522. The lowest BCUT2D eigenvalue weighted by atomic mass is 10.1. The average molecular weight is 409 g/mol. The minimum absolute atomic E-state index is 0.278. The summed E-state index contributed by atoms with van der Waals surface area (Å²) in [6.07, 6.45) is 6.18. The summed E-state index contributed by atoms with van der Waals surface area (Å²) in [4.78, 5) is 13.6. The molecular weight excluding hydrogens is 376 g/mol. The van der Waals surface area contributed by atoms with Crippen LogP contribution < -0.4 is 15.5 Å². The highest BCUT2D eigenvalue weighted by molar-refractivity contribution is 5.75. The number of nitrogen functional groups attached to an aromatic ring is 1. The van der Waals surface area contributed by atoms with Gasteiger partial charge in [0.05, 0.1) is 24.6 Å². The van der Waals surface area contributed by atoms with Crippen molar-refractivity contribution in [3.63, 3.8) is 0 Å². The Morgan fingerprint density at radius 2 is 1.87 bits per heavy atom. The Kier molecular flexibility index (Phi) is 7.86. The van der Waals surface area contributed by atoms with Gasteiger partial charge in [-0.3, -0.25) is 0 Å². The van der Waals surface area contributed by atoms with Gasteiger partial charge in [-0.15, -0.1) is 0 Å². The molecule has 1 fully saturated rings. The topological polar surface area (TPSA) is 91.3 Å². The number of rotatable bonds is 9. The molecule has 0 spiro atoms. The minimum Gasteiger partial charge on any atom is -0.383 e. The monoisotopic (exact) mass is 408 g/mol. The number of ether oxygens (including phenoxy) is 1. The van der Waals surface area contributed by atoms with Gasteiger partial charge in [-0.2, -0.15) is 5.26 Å². The van der Waals surface area contributed by atoms with Crippen LogP contribution in [0, 0.1) is 11.3 Å². The van der Waals surface area contributed by atoms with Crippen LogP contribution in [0.3, 0.4) is 0 Å². The fourth-order valence-corrected chi connectivity index (χ4v) is 3.63. The number of hydrogen-bond donors (Lipinski definition) is 1. The maximum atomic E-state index is 9.72. The van der Waals surface area contributed by atoms with E-state index in [9.17, 15) is 5.26 Å². The number of pyridine rings is 2. The highest BCUT2D eigenvalue weighted by Gasteiger charge is 2.18. The van der Waals surface area contributed by atoms with Gasteiger partial charge in [-0.25, -0.2) is 9.97 Å². The summed E-state index contributed by atoms with van der Waals surface area (Å²) in [5.74, 6) is 1.22. The summed E-state index contributed by atoms with van der Waals surface area (Å²) < 4.78 is 5.42. The molecule has 0 atom stereocenters. The number of hydrogen-bond acceptors (Lipinski definition) is 7. The molecule has 7 nitrogen and oxygen atoms in total. The molecule has 0 aromatic carbocycles. The summed E-state index contributed by atoms with van der Waals surface area (Å²) in [7, 11) is 0. The molecule has 0 aliphatic carbocycles. The molecule has 0 unspecified atom stereocenters. The first-order valence-corrected chi connectivity index (χ1v) is 10.9. The lowest BCUT2D eigenvalue weighted by Gasteiger charge is -2.28. The van der Waals surface area contributed by atoms with E-state index in [1.165, 1.54) is 0 Å². The molecule has 1 aliphatic rings. The Morgan fingerprint density at radius 1 is 1.17 bits per heavy atom. The first kappa shape index (κ1) is 21.8. The molecule has 7 heteroatoms. The summed E-state index contributed by atoms with van der Waals surface area (Å²) in [5.41, 5.74) is 9.19. The largest absolute Gasteiger partial charge is 0.383 e. The lowest BCUT2D eigenvalue weighted by Crippen LogP contribution is -2.36. The van der Waals surface area contributed by atoms with E-state index in [0.717, 1.165) is 87.8 Å². The van der Waals surface area contributed by atoms with Gasteiger partial charge >= 0.3 is 0 Å². The maximum absolute atomic E-state index is 9.72. The SMILES string of the molecule is CCCCN(CCCC)c1cc(-c2ccc(N3CCOCC3)nc2)nc(N)c1C#N. The minimum atomic E-state index is 0.278. The average Bonchev–Trinajstić information content (AvgIpc) is 2.79. The summed E-state index contributed by atoms with van der Waals surface area (Å²) in [5, 5.41) is 9.72. The van der Waals surface area contributed by atoms with Crippen LogP contribution in [0.15, 0.2) is 24.4 Å². The fourth-order valence-electron chi connectivity index (χ4n) is 3.63. The van der Waals surface area contributed by atoms with Crippen LogP contribution in [0.4, 0.5) is 17.3 Å². The van der Waals surface area contributed by atoms with Gasteiger partial charge < -0.3 is 20.3 Å². The Hall–Kier alpha value is -2.85. The van der Waals surface area contributed by atoms with E-state index < -0.39 is 0 Å². The summed E-state index contributed by atoms with van der Waals surface area (Å²) in [6.45, 7) is 9.32. The molecule has 0 radical (unpaired) electrons. The van der Waals surface area contributed by atoms with E-state index in [1.807, 2.05) is 24.4 Å². The van der Waals surface area contributed by atoms with E-state index in [4.69, 9.17) is 10.5 Å². The number of nitrogens with zero attached hydrogens (tertiary/aromatic N) is 5. The Labute approximate surface area is 179 Å². The van der Waals surface area contributed by atoms with Gasteiger partial charge in [0.15, 0.2) is 0 Å². The number of unbranched alkanes of at least 4 members (excludes halogenated alkanes) is 2. The number of morpholine rings is 1. The van der Waals surface area contributed by atoms with Crippen molar-refractivity contribution in [2.24, 2.45) is 0 Å². The molecule has 2 N–H and O–H groups in total. The van der Waals surface area contributed by atoms with Crippen LogP contribution in [-0.2, 0) is 4.74 Å². The maximum Gasteiger partial charge on any atom is 0.144 e. The molecule has 1 aliphatic heterocycles. The van der Waals surface area contributed by atoms with Crippen molar-refractivity contribution in [1.82, 2.24) is 9.97 Å². The summed E-state index contributed by atoms with van der Waals surface area (Å²) >= 11 is 0. The molecule has 0 amide bonds. The van der Waals surface area contributed by atoms with Crippen molar-refractivity contribution in [3.8, 4) is 17.3 Å². The molecule has 1 saturated heterocycles. The molecule has 160 valence electrons. The third kappa shape index (κ3) is 5.19. The lowest BCUT2D eigenvalue weighted by molar-refractivity contribution is 0.122. The van der Waals surface area contributed by atoms with Crippen molar-refractivity contribution in [3.05, 3.63) is 30.0 Å². The standard InChI is InChI=1S/C23H32N6O/c1-3-5-9-28(10-6-4-2)21-15-20(27-23(25)19(21)16-24)18-7-8-22(26-17-18)29-11-13-30-14-12-29/h7-8,15,17H,3-6,9-14H2,1-2H3,(H2,25,27). The van der Waals surface area contributed by atoms with Gasteiger partial charge in [0, 0.05) is 37.9 Å². The second-order valence-corrected chi connectivity index (χ2v) is 7.60. The Bertz CT molecular complexity index is 847. The highest BCUT2D eigenvalue weighted by atomic mass is 16.5. The van der Waals surface area contributed by atoms with Crippen LogP contribution in [-0.4, -0.2) is 49.4 Å². The highest BCUT2D eigenvalue weighted by Crippen LogP contribution is 2.31. The summed E-state index contributed by atoms with van der Waals surface area (Å²) in [6, 6.07) is 8.30. The van der Waals surface area contributed by atoms with Crippen molar-refractivity contribution in [2.75, 3.05) is 54.9 Å². The molecule has 30 heavy (non-hydrogen) atoms. The smallest absolute Gasteiger partial charge is 0.144 e. The van der Waals surface area contributed by atoms with Crippen LogP contribution in [0.5, 0.6) is 0 Å². The van der Waals surface area contributed by atoms with E-state index >= 15 is 0 Å². The zero-order chi connectivity index (χ0) is 21.3. The van der Waals surface area contributed by atoms with Gasteiger partial charge in [0.1, 0.15) is 23.3 Å². The van der Waals surface area contributed by atoms with Gasteiger partial charge in [0.2, 0.25) is 0 Å². The first-order valence-electron chi connectivity index (χ1n) is 10.9. The zero-order valence-corrected chi connectivity index (χ0v) is 18.1. The molecule has 3 rings (SSSR count). The number of aromatic nitrogens is 2. The Morgan fingerprint density at radius 3 is 2.43 bits per heavy atom. The number of nitriles is 1. The van der Waals surface area contributed by atoms with Crippen molar-refractivity contribution >= 4 is 17.3 Å².